The molecule has 1 aromatic rings. The molecule has 2 rings (SSSR count). The minimum atomic E-state index is -0.0281. The maximum atomic E-state index is 12.7. The molecule has 0 saturated carbocycles. The second kappa shape index (κ2) is 4.97. The number of benzene rings is 1. The first kappa shape index (κ1) is 14.1. The molecule has 1 heterocycles. The van der Waals surface area contributed by atoms with Gasteiger partial charge >= 0.3 is 0 Å². The molecule has 3 nitrogen and oxygen atoms in total. The fourth-order valence-corrected chi connectivity index (χ4v) is 2.65. The highest BCUT2D eigenvalue weighted by molar-refractivity contribution is 5.96. The molecule has 1 amide bonds. The van der Waals surface area contributed by atoms with E-state index in [4.69, 9.17) is 5.73 Å². The van der Waals surface area contributed by atoms with E-state index < -0.39 is 0 Å². The van der Waals surface area contributed by atoms with Gasteiger partial charge in [0.2, 0.25) is 0 Å². The van der Waals surface area contributed by atoms with Crippen molar-refractivity contribution in [1.82, 2.24) is 4.90 Å². The average Bonchev–Trinajstić information content (AvgIpc) is 2.68. The number of amides is 1. The molecule has 2 unspecified atom stereocenters. The van der Waals surface area contributed by atoms with Crippen LogP contribution in [-0.2, 0) is 5.41 Å². The van der Waals surface area contributed by atoms with E-state index in [1.165, 1.54) is 0 Å². The maximum absolute atomic E-state index is 12.7. The lowest BCUT2D eigenvalue weighted by Crippen LogP contribution is -2.33. The predicted molar refractivity (Wildman–Crippen MR) is 78.2 cm³/mol. The lowest BCUT2D eigenvalue weighted by atomic mass is 9.83. The quantitative estimate of drug-likeness (QED) is 0.843. The number of nitrogens with two attached hydrogens (primary N) is 1. The third-order valence-corrected chi connectivity index (χ3v) is 3.92. The van der Waals surface area contributed by atoms with E-state index in [1.54, 1.807) is 0 Å². The molecule has 19 heavy (non-hydrogen) atoms. The maximum Gasteiger partial charge on any atom is 0.254 e. The first-order chi connectivity index (χ1) is 8.80. The van der Waals surface area contributed by atoms with Crippen molar-refractivity contribution in [2.24, 2.45) is 11.7 Å². The van der Waals surface area contributed by atoms with Crippen LogP contribution < -0.4 is 5.73 Å². The van der Waals surface area contributed by atoms with Crippen LogP contribution in [0.3, 0.4) is 0 Å². The Bertz CT molecular complexity index is 466. The van der Waals surface area contributed by atoms with Crippen LogP contribution in [0.5, 0.6) is 0 Å². The van der Waals surface area contributed by atoms with Crippen molar-refractivity contribution in [3.05, 3.63) is 35.4 Å². The van der Waals surface area contributed by atoms with Crippen molar-refractivity contribution in [1.29, 1.82) is 0 Å². The number of nitrogens with zero attached hydrogens (tertiary/aromatic N) is 1. The van der Waals surface area contributed by atoms with E-state index >= 15 is 0 Å². The van der Waals surface area contributed by atoms with Crippen LogP contribution in [0.1, 0.15) is 43.6 Å². The first-order valence-corrected chi connectivity index (χ1v) is 6.95. The van der Waals surface area contributed by atoms with Gasteiger partial charge in [-0.15, -0.1) is 0 Å². The van der Waals surface area contributed by atoms with Crippen LogP contribution in [0.2, 0.25) is 0 Å². The van der Waals surface area contributed by atoms with Crippen LogP contribution in [-0.4, -0.2) is 29.9 Å². The van der Waals surface area contributed by atoms with Gasteiger partial charge in [-0.3, -0.25) is 4.79 Å². The topological polar surface area (TPSA) is 46.3 Å². The van der Waals surface area contributed by atoms with E-state index in [0.29, 0.717) is 12.5 Å². The third kappa shape index (κ3) is 2.81. The number of hydrogen-bond acceptors (Lipinski definition) is 2. The number of carbonyl (C=O) groups excluding carboxylic acids is 1. The Labute approximate surface area is 115 Å². The van der Waals surface area contributed by atoms with Crippen LogP contribution in [0.15, 0.2) is 24.3 Å². The fraction of sp³-hybridized carbons (Fsp3) is 0.562. The van der Waals surface area contributed by atoms with Crippen molar-refractivity contribution >= 4 is 5.91 Å². The molecule has 0 spiro atoms. The van der Waals surface area contributed by atoms with Gasteiger partial charge in [-0.2, -0.15) is 0 Å². The summed E-state index contributed by atoms with van der Waals surface area (Å²) in [5.74, 6) is 0.496. The smallest absolute Gasteiger partial charge is 0.254 e. The van der Waals surface area contributed by atoms with Gasteiger partial charge in [0, 0.05) is 24.7 Å². The highest BCUT2D eigenvalue weighted by atomic mass is 16.2. The molecule has 0 aliphatic carbocycles. The largest absolute Gasteiger partial charge is 0.337 e. The van der Waals surface area contributed by atoms with Crippen LogP contribution in [0.4, 0.5) is 0 Å². The van der Waals surface area contributed by atoms with Gasteiger partial charge in [0.15, 0.2) is 0 Å². The lowest BCUT2D eigenvalue weighted by molar-refractivity contribution is 0.0784. The Hall–Kier alpha value is -1.35. The van der Waals surface area contributed by atoms with Crippen molar-refractivity contribution in [2.45, 2.75) is 39.2 Å². The van der Waals surface area contributed by atoms with E-state index in [2.05, 4.69) is 27.7 Å². The number of likely N-dealkylation sites (tertiary alicyclic amines) is 1. The monoisotopic (exact) mass is 260 g/mol. The van der Waals surface area contributed by atoms with Gasteiger partial charge in [0.05, 0.1) is 0 Å². The first-order valence-electron chi connectivity index (χ1n) is 6.95. The Morgan fingerprint density at radius 3 is 2.42 bits per heavy atom. The number of rotatable bonds is 1. The minimum absolute atomic E-state index is 0.0281. The molecular formula is C16H24N2O. The molecule has 2 atom stereocenters. The molecule has 0 bridgehead atoms. The van der Waals surface area contributed by atoms with Gasteiger partial charge in [-0.1, -0.05) is 45.9 Å². The molecule has 0 aromatic heterocycles. The Balaban J connectivity index is 2.30. The molecule has 1 aliphatic rings. The number of hydrogen-bond donors (Lipinski definition) is 1. The molecule has 1 aliphatic heterocycles. The Kier molecular flexibility index (Phi) is 3.68. The van der Waals surface area contributed by atoms with E-state index in [-0.39, 0.29) is 17.4 Å². The number of carbonyl (C=O) groups is 1. The SMILES string of the molecule is CC1CN(C(=O)c2ccccc2C(C)(C)C)CC1N. The van der Waals surface area contributed by atoms with Crippen LogP contribution in [0.25, 0.3) is 0 Å². The Morgan fingerprint density at radius 1 is 1.26 bits per heavy atom. The zero-order chi connectivity index (χ0) is 14.2. The summed E-state index contributed by atoms with van der Waals surface area (Å²) < 4.78 is 0. The summed E-state index contributed by atoms with van der Waals surface area (Å²) in [5.41, 5.74) is 7.91. The molecule has 1 saturated heterocycles. The molecule has 3 heteroatoms. The fourth-order valence-electron chi connectivity index (χ4n) is 2.65. The molecular weight excluding hydrogens is 236 g/mol. The molecule has 0 radical (unpaired) electrons. The van der Waals surface area contributed by atoms with E-state index in [9.17, 15) is 4.79 Å². The summed E-state index contributed by atoms with van der Waals surface area (Å²) in [7, 11) is 0. The van der Waals surface area contributed by atoms with E-state index in [1.807, 2.05) is 29.2 Å². The highest BCUT2D eigenvalue weighted by Crippen LogP contribution is 2.27. The predicted octanol–water partition coefficient (Wildman–Crippen LogP) is 2.40. The zero-order valence-corrected chi connectivity index (χ0v) is 12.3. The second-order valence-corrected chi connectivity index (χ2v) is 6.65. The molecule has 104 valence electrons. The Morgan fingerprint density at radius 2 is 1.89 bits per heavy atom. The van der Waals surface area contributed by atoms with Crippen molar-refractivity contribution in [3.63, 3.8) is 0 Å². The normalized spacial score (nSPS) is 23.7. The van der Waals surface area contributed by atoms with Crippen LogP contribution >= 0.6 is 0 Å². The van der Waals surface area contributed by atoms with E-state index in [0.717, 1.165) is 17.7 Å². The van der Waals surface area contributed by atoms with Crippen molar-refractivity contribution in [2.75, 3.05) is 13.1 Å². The molecule has 2 N–H and O–H groups in total. The molecule has 1 aromatic carbocycles. The van der Waals surface area contributed by atoms with Gasteiger partial charge < -0.3 is 10.6 Å². The summed E-state index contributed by atoms with van der Waals surface area (Å²) in [4.78, 5) is 14.6. The summed E-state index contributed by atoms with van der Waals surface area (Å²) >= 11 is 0. The summed E-state index contributed by atoms with van der Waals surface area (Å²) in [5, 5.41) is 0. The summed E-state index contributed by atoms with van der Waals surface area (Å²) in [6, 6.07) is 8.01. The summed E-state index contributed by atoms with van der Waals surface area (Å²) in [6.07, 6.45) is 0. The van der Waals surface area contributed by atoms with Gasteiger partial charge in [0.25, 0.3) is 5.91 Å². The molecule has 1 fully saturated rings. The third-order valence-electron chi connectivity index (χ3n) is 3.92. The van der Waals surface area contributed by atoms with Crippen molar-refractivity contribution in [3.8, 4) is 0 Å². The standard InChI is InChI=1S/C16H24N2O/c1-11-9-18(10-14(11)17)15(19)12-7-5-6-8-13(12)16(2,3)4/h5-8,11,14H,9-10,17H2,1-4H3. The van der Waals surface area contributed by atoms with Crippen LogP contribution in [0, 0.1) is 5.92 Å². The van der Waals surface area contributed by atoms with Gasteiger partial charge in [0.1, 0.15) is 0 Å². The van der Waals surface area contributed by atoms with Gasteiger partial charge in [-0.05, 0) is 23.0 Å². The lowest BCUT2D eigenvalue weighted by Gasteiger charge is -2.25. The highest BCUT2D eigenvalue weighted by Gasteiger charge is 2.32. The minimum Gasteiger partial charge on any atom is -0.337 e. The second-order valence-electron chi connectivity index (χ2n) is 6.65. The summed E-state index contributed by atoms with van der Waals surface area (Å²) in [6.45, 7) is 9.94. The van der Waals surface area contributed by atoms with Gasteiger partial charge in [-0.25, -0.2) is 0 Å². The zero-order valence-electron chi connectivity index (χ0n) is 12.3. The van der Waals surface area contributed by atoms with Crippen molar-refractivity contribution < 1.29 is 4.79 Å². The average molecular weight is 260 g/mol.